The summed E-state index contributed by atoms with van der Waals surface area (Å²) < 4.78 is 0. The molecule has 0 spiro atoms. The molecule has 3 aromatic heterocycles. The van der Waals surface area contributed by atoms with Gasteiger partial charge in [-0.1, -0.05) is 0 Å². The lowest BCUT2D eigenvalue weighted by atomic mass is 9.90. The van der Waals surface area contributed by atoms with Crippen molar-refractivity contribution in [2.24, 2.45) is 0 Å². The van der Waals surface area contributed by atoms with Gasteiger partial charge in [0.1, 0.15) is 17.5 Å². The van der Waals surface area contributed by atoms with E-state index in [9.17, 15) is 0 Å². The predicted octanol–water partition coefficient (Wildman–Crippen LogP) is 2.61. The number of aromatic nitrogens is 4. The average molecular weight is 304 g/mol. The minimum absolute atomic E-state index is 0.223. The summed E-state index contributed by atoms with van der Waals surface area (Å²) >= 11 is 0. The van der Waals surface area contributed by atoms with Crippen LogP contribution in [0.1, 0.15) is 30.1 Å². The Morgan fingerprint density at radius 1 is 1.26 bits per heavy atom. The molecule has 1 aliphatic rings. The molecule has 1 fully saturated rings. The third-order valence-corrected chi connectivity index (χ3v) is 4.41. The number of aromatic amines is 1. The van der Waals surface area contributed by atoms with Gasteiger partial charge in [-0.05, 0) is 36.6 Å². The van der Waals surface area contributed by atoms with E-state index in [2.05, 4.69) is 37.1 Å². The van der Waals surface area contributed by atoms with Gasteiger partial charge >= 0.3 is 0 Å². The predicted molar refractivity (Wildman–Crippen MR) is 87.0 cm³/mol. The monoisotopic (exact) mass is 304 g/mol. The maximum atomic E-state index is 8.98. The molecule has 1 N–H and O–H groups in total. The summed E-state index contributed by atoms with van der Waals surface area (Å²) in [5, 5.41) is 10.2. The van der Waals surface area contributed by atoms with Crippen LogP contribution in [0.25, 0.3) is 11.0 Å². The van der Waals surface area contributed by atoms with Crippen molar-refractivity contribution < 1.29 is 0 Å². The molecule has 3 aromatic rings. The Balaban J connectivity index is 1.63. The van der Waals surface area contributed by atoms with Crippen LogP contribution in [0.4, 0.5) is 5.82 Å². The Morgan fingerprint density at radius 2 is 2.22 bits per heavy atom. The minimum atomic E-state index is 0.223. The fourth-order valence-electron chi connectivity index (χ4n) is 3.33. The van der Waals surface area contributed by atoms with Crippen molar-refractivity contribution in [3.63, 3.8) is 0 Å². The molecule has 4 heterocycles. The molecule has 1 atom stereocenters. The molecule has 1 aliphatic heterocycles. The minimum Gasteiger partial charge on any atom is -0.356 e. The lowest BCUT2D eigenvalue weighted by molar-refractivity contribution is 0.509. The zero-order chi connectivity index (χ0) is 15.6. The molecule has 6 nitrogen and oxygen atoms in total. The van der Waals surface area contributed by atoms with Crippen molar-refractivity contribution in [3.8, 4) is 6.07 Å². The molecule has 114 valence electrons. The molecule has 0 aliphatic carbocycles. The molecule has 1 saturated heterocycles. The summed E-state index contributed by atoms with van der Waals surface area (Å²) in [7, 11) is 0. The molecule has 6 heteroatoms. The van der Waals surface area contributed by atoms with Crippen molar-refractivity contribution in [1.29, 1.82) is 5.26 Å². The van der Waals surface area contributed by atoms with E-state index in [0.29, 0.717) is 5.92 Å². The molecule has 0 radical (unpaired) electrons. The van der Waals surface area contributed by atoms with Gasteiger partial charge in [0.05, 0.1) is 0 Å². The normalized spacial score (nSPS) is 18.0. The summed E-state index contributed by atoms with van der Waals surface area (Å²) in [4.78, 5) is 18.1. The first-order valence-corrected chi connectivity index (χ1v) is 7.75. The Bertz CT molecular complexity index is 878. The van der Waals surface area contributed by atoms with Crippen LogP contribution in [0.3, 0.4) is 0 Å². The fraction of sp³-hybridized carbons (Fsp3) is 0.294. The summed E-state index contributed by atoms with van der Waals surface area (Å²) in [6.45, 7) is 1.85. The van der Waals surface area contributed by atoms with E-state index in [0.717, 1.165) is 37.4 Å². The van der Waals surface area contributed by atoms with Gasteiger partial charge in [0.25, 0.3) is 0 Å². The molecule has 0 amide bonds. The largest absolute Gasteiger partial charge is 0.356 e. The number of hydrogen-bond donors (Lipinski definition) is 1. The molecule has 4 rings (SSSR count). The average Bonchev–Trinajstić information content (AvgIpc) is 3.06. The maximum absolute atomic E-state index is 8.98. The van der Waals surface area contributed by atoms with E-state index in [-0.39, 0.29) is 5.82 Å². The number of rotatable bonds is 2. The Kier molecular flexibility index (Phi) is 3.39. The molecule has 0 saturated carbocycles. The van der Waals surface area contributed by atoms with Gasteiger partial charge in [0.15, 0.2) is 0 Å². The van der Waals surface area contributed by atoms with Crippen LogP contribution in [-0.4, -0.2) is 33.0 Å². The summed E-state index contributed by atoms with van der Waals surface area (Å²) in [6, 6.07) is 7.97. The van der Waals surface area contributed by atoms with Crippen molar-refractivity contribution in [2.75, 3.05) is 18.0 Å². The Labute approximate surface area is 133 Å². The Morgan fingerprint density at radius 3 is 3.13 bits per heavy atom. The maximum Gasteiger partial charge on any atom is 0.234 e. The third kappa shape index (κ3) is 2.50. The number of nitriles is 1. The van der Waals surface area contributed by atoms with Gasteiger partial charge in [-0.25, -0.2) is 15.0 Å². The molecule has 1 unspecified atom stereocenters. The van der Waals surface area contributed by atoms with Crippen LogP contribution in [0.2, 0.25) is 0 Å². The van der Waals surface area contributed by atoms with E-state index >= 15 is 0 Å². The standard InChI is InChI=1S/C17H16N6/c18-9-15-19-7-5-16(22-15)23-8-2-3-12(11-23)14-10-21-17-13(14)4-1-6-20-17/h1,4-7,10,12H,2-3,8,11H2,(H,20,21). The first kappa shape index (κ1) is 13.7. The highest BCUT2D eigenvalue weighted by Gasteiger charge is 2.24. The summed E-state index contributed by atoms with van der Waals surface area (Å²) in [6.07, 6.45) is 7.78. The zero-order valence-corrected chi connectivity index (χ0v) is 12.6. The fourth-order valence-corrected chi connectivity index (χ4v) is 3.33. The van der Waals surface area contributed by atoms with Crippen LogP contribution in [0.15, 0.2) is 36.8 Å². The van der Waals surface area contributed by atoms with Gasteiger partial charge in [0, 0.05) is 43.0 Å². The van der Waals surface area contributed by atoms with Crippen molar-refractivity contribution in [2.45, 2.75) is 18.8 Å². The number of hydrogen-bond acceptors (Lipinski definition) is 5. The topological polar surface area (TPSA) is 81.5 Å². The second kappa shape index (κ2) is 5.69. The third-order valence-electron chi connectivity index (χ3n) is 4.41. The first-order valence-electron chi connectivity index (χ1n) is 7.75. The van der Waals surface area contributed by atoms with Gasteiger partial charge in [-0.3, -0.25) is 0 Å². The smallest absolute Gasteiger partial charge is 0.234 e. The van der Waals surface area contributed by atoms with Crippen LogP contribution in [-0.2, 0) is 0 Å². The highest BCUT2D eigenvalue weighted by Crippen LogP contribution is 2.32. The van der Waals surface area contributed by atoms with Gasteiger partial charge in [-0.2, -0.15) is 5.26 Å². The molecular weight excluding hydrogens is 288 g/mol. The molecular formula is C17H16N6. The van der Waals surface area contributed by atoms with E-state index in [4.69, 9.17) is 5.26 Å². The highest BCUT2D eigenvalue weighted by molar-refractivity contribution is 5.80. The SMILES string of the molecule is N#Cc1nccc(N2CCCC(c3c[nH]c4ncccc34)C2)n1. The zero-order valence-electron chi connectivity index (χ0n) is 12.6. The quantitative estimate of drug-likeness (QED) is 0.787. The number of fused-ring (bicyclic) bond motifs is 1. The van der Waals surface area contributed by atoms with Crippen LogP contribution in [0.5, 0.6) is 0 Å². The molecule has 0 aromatic carbocycles. The van der Waals surface area contributed by atoms with Crippen molar-refractivity contribution >= 4 is 16.9 Å². The lowest BCUT2D eigenvalue weighted by Gasteiger charge is -2.33. The van der Waals surface area contributed by atoms with Crippen LogP contribution < -0.4 is 4.90 Å². The van der Waals surface area contributed by atoms with Crippen molar-refractivity contribution in [3.05, 3.63) is 48.2 Å². The highest BCUT2D eigenvalue weighted by atomic mass is 15.2. The number of piperidine rings is 1. The summed E-state index contributed by atoms with van der Waals surface area (Å²) in [5.41, 5.74) is 2.25. The summed E-state index contributed by atoms with van der Waals surface area (Å²) in [5.74, 6) is 1.49. The Hall–Kier alpha value is -2.94. The number of anilines is 1. The van der Waals surface area contributed by atoms with Gasteiger partial charge in [-0.15, -0.1) is 0 Å². The second-order valence-corrected chi connectivity index (χ2v) is 5.78. The first-order chi connectivity index (χ1) is 11.3. The molecule has 23 heavy (non-hydrogen) atoms. The van der Waals surface area contributed by atoms with Crippen molar-refractivity contribution in [1.82, 2.24) is 19.9 Å². The van der Waals surface area contributed by atoms with Crippen LogP contribution >= 0.6 is 0 Å². The number of H-pyrrole nitrogens is 1. The van der Waals surface area contributed by atoms with E-state index < -0.39 is 0 Å². The number of pyridine rings is 1. The van der Waals surface area contributed by atoms with E-state index in [1.165, 1.54) is 10.9 Å². The lowest BCUT2D eigenvalue weighted by Crippen LogP contribution is -2.35. The van der Waals surface area contributed by atoms with Crippen LogP contribution in [0, 0.1) is 11.3 Å². The van der Waals surface area contributed by atoms with E-state index in [1.807, 2.05) is 18.2 Å². The van der Waals surface area contributed by atoms with Gasteiger partial charge in [0.2, 0.25) is 5.82 Å². The number of nitrogens with zero attached hydrogens (tertiary/aromatic N) is 5. The molecule has 0 bridgehead atoms. The number of nitrogens with one attached hydrogen (secondary N) is 1. The van der Waals surface area contributed by atoms with Gasteiger partial charge < -0.3 is 9.88 Å². The van der Waals surface area contributed by atoms with E-state index in [1.54, 1.807) is 12.4 Å². The second-order valence-electron chi connectivity index (χ2n) is 5.78.